The lowest BCUT2D eigenvalue weighted by Crippen LogP contribution is -2.45. The molecule has 2 amide bonds. The molecule has 0 aromatic carbocycles. The van der Waals surface area contributed by atoms with Gasteiger partial charge in [-0.25, -0.2) is 0 Å². The van der Waals surface area contributed by atoms with Crippen LogP contribution in [-0.2, 0) is 16.6 Å². The number of nitrogens with zero attached hydrogens (tertiary/aromatic N) is 3. The number of carbonyl (C=O) groups is 2. The maximum Gasteiger partial charge on any atom is 0.252 e. The maximum absolute atomic E-state index is 12.5. The van der Waals surface area contributed by atoms with Crippen LogP contribution in [0.25, 0.3) is 0 Å². The standard InChI is InChI=1S/C19H28N4O4/c1-21-13-14(3-6-17(21)24)19(26)20-12-16-5-4-15(22(16)2)11-18(25)23-7-9-27-10-8-23/h3,6,13,15-16H,4-5,7-12H2,1-2H3,(H,20,26)/t15-,16+/m1/s1. The highest BCUT2D eigenvalue weighted by atomic mass is 16.5. The fourth-order valence-electron chi connectivity index (χ4n) is 3.77. The number of likely N-dealkylation sites (tertiary alicyclic amines) is 1. The summed E-state index contributed by atoms with van der Waals surface area (Å²) in [5.74, 6) is -0.00289. The number of morpholine rings is 1. The van der Waals surface area contributed by atoms with Crippen LogP contribution in [0.5, 0.6) is 0 Å². The van der Waals surface area contributed by atoms with Gasteiger partial charge in [-0.3, -0.25) is 19.3 Å². The van der Waals surface area contributed by atoms with Crippen molar-refractivity contribution in [1.82, 2.24) is 19.7 Å². The summed E-state index contributed by atoms with van der Waals surface area (Å²) in [6.07, 6.45) is 3.96. The molecule has 0 unspecified atom stereocenters. The predicted molar refractivity (Wildman–Crippen MR) is 101 cm³/mol. The van der Waals surface area contributed by atoms with Crippen LogP contribution in [0.2, 0.25) is 0 Å². The highest BCUT2D eigenvalue weighted by Gasteiger charge is 2.33. The van der Waals surface area contributed by atoms with Gasteiger partial charge in [0.1, 0.15) is 0 Å². The summed E-state index contributed by atoms with van der Waals surface area (Å²) >= 11 is 0. The van der Waals surface area contributed by atoms with Crippen molar-refractivity contribution in [3.8, 4) is 0 Å². The molecule has 1 aromatic heterocycles. The normalized spacial score (nSPS) is 23.4. The Morgan fingerprint density at radius 1 is 1.15 bits per heavy atom. The van der Waals surface area contributed by atoms with Crippen LogP contribution in [0.4, 0.5) is 0 Å². The molecule has 0 aliphatic carbocycles. The molecule has 0 spiro atoms. The summed E-state index contributed by atoms with van der Waals surface area (Å²) in [6.45, 7) is 3.11. The summed E-state index contributed by atoms with van der Waals surface area (Å²) in [7, 11) is 3.65. The third kappa shape index (κ3) is 4.75. The second kappa shape index (κ2) is 8.67. The predicted octanol–water partition coefficient (Wildman–Crippen LogP) is -0.173. The number of amides is 2. The van der Waals surface area contributed by atoms with Crippen LogP contribution in [-0.4, -0.2) is 78.2 Å². The van der Waals surface area contributed by atoms with E-state index in [1.807, 2.05) is 11.9 Å². The molecule has 1 aromatic rings. The number of likely N-dealkylation sites (N-methyl/N-ethyl adjacent to an activating group) is 1. The summed E-state index contributed by atoms with van der Waals surface area (Å²) in [4.78, 5) is 40.3. The number of hydrogen-bond acceptors (Lipinski definition) is 5. The Labute approximate surface area is 159 Å². The van der Waals surface area contributed by atoms with Crippen LogP contribution in [0.1, 0.15) is 29.6 Å². The van der Waals surface area contributed by atoms with Gasteiger partial charge in [-0.05, 0) is 26.0 Å². The van der Waals surface area contributed by atoms with E-state index in [0.29, 0.717) is 44.8 Å². The van der Waals surface area contributed by atoms with E-state index in [1.165, 1.54) is 10.6 Å². The van der Waals surface area contributed by atoms with Crippen molar-refractivity contribution in [2.75, 3.05) is 39.9 Å². The Balaban J connectivity index is 1.48. The number of carbonyl (C=O) groups excluding carboxylic acids is 2. The molecule has 148 valence electrons. The van der Waals surface area contributed by atoms with Crippen LogP contribution in [0.15, 0.2) is 23.1 Å². The fourth-order valence-corrected chi connectivity index (χ4v) is 3.77. The molecule has 0 radical (unpaired) electrons. The largest absolute Gasteiger partial charge is 0.378 e. The van der Waals surface area contributed by atoms with Gasteiger partial charge >= 0.3 is 0 Å². The molecule has 3 rings (SSSR count). The fraction of sp³-hybridized carbons (Fsp3) is 0.632. The minimum Gasteiger partial charge on any atom is -0.378 e. The molecule has 3 heterocycles. The Hall–Kier alpha value is -2.19. The van der Waals surface area contributed by atoms with Crippen molar-refractivity contribution in [1.29, 1.82) is 0 Å². The molecule has 2 saturated heterocycles. The molecule has 8 nitrogen and oxygen atoms in total. The second-order valence-corrected chi connectivity index (χ2v) is 7.32. The van der Waals surface area contributed by atoms with Crippen LogP contribution < -0.4 is 10.9 Å². The monoisotopic (exact) mass is 376 g/mol. The molecule has 0 saturated carbocycles. The zero-order valence-electron chi connectivity index (χ0n) is 16.0. The molecule has 2 aliphatic rings. The Bertz CT molecular complexity index is 741. The highest BCUT2D eigenvalue weighted by molar-refractivity contribution is 5.93. The minimum atomic E-state index is -0.188. The van der Waals surface area contributed by atoms with Gasteiger partial charge < -0.3 is 19.5 Å². The van der Waals surface area contributed by atoms with Crippen molar-refractivity contribution < 1.29 is 14.3 Å². The maximum atomic E-state index is 12.5. The van der Waals surface area contributed by atoms with Gasteiger partial charge in [-0.15, -0.1) is 0 Å². The van der Waals surface area contributed by atoms with Crippen molar-refractivity contribution >= 4 is 11.8 Å². The second-order valence-electron chi connectivity index (χ2n) is 7.32. The lowest BCUT2D eigenvalue weighted by atomic mass is 10.1. The van der Waals surface area contributed by atoms with Gasteiger partial charge in [0.25, 0.3) is 5.91 Å². The van der Waals surface area contributed by atoms with E-state index < -0.39 is 0 Å². The number of aryl methyl sites for hydroxylation is 1. The zero-order chi connectivity index (χ0) is 19.4. The first-order valence-electron chi connectivity index (χ1n) is 9.48. The molecular formula is C19H28N4O4. The van der Waals surface area contributed by atoms with E-state index in [4.69, 9.17) is 4.74 Å². The van der Waals surface area contributed by atoms with Gasteiger partial charge in [0.2, 0.25) is 11.5 Å². The first-order valence-corrected chi connectivity index (χ1v) is 9.48. The number of pyridine rings is 1. The van der Waals surface area contributed by atoms with Gasteiger partial charge in [-0.1, -0.05) is 0 Å². The van der Waals surface area contributed by atoms with Crippen molar-refractivity contribution in [3.05, 3.63) is 34.2 Å². The van der Waals surface area contributed by atoms with Crippen molar-refractivity contribution in [3.63, 3.8) is 0 Å². The van der Waals surface area contributed by atoms with E-state index in [0.717, 1.165) is 12.8 Å². The topological polar surface area (TPSA) is 83.9 Å². The zero-order valence-corrected chi connectivity index (χ0v) is 16.0. The summed E-state index contributed by atoms with van der Waals surface area (Å²) in [5.41, 5.74) is 0.326. The lowest BCUT2D eigenvalue weighted by molar-refractivity contribution is -0.136. The molecule has 0 bridgehead atoms. The third-order valence-corrected chi connectivity index (χ3v) is 5.61. The first kappa shape index (κ1) is 19.6. The van der Waals surface area contributed by atoms with Crippen LogP contribution in [0, 0.1) is 0 Å². The average Bonchev–Trinajstić information content (AvgIpc) is 3.02. The Kier molecular flexibility index (Phi) is 6.28. The third-order valence-electron chi connectivity index (χ3n) is 5.61. The number of aromatic nitrogens is 1. The van der Waals surface area contributed by atoms with Gasteiger partial charge in [-0.2, -0.15) is 0 Å². The summed E-state index contributed by atoms with van der Waals surface area (Å²) in [6, 6.07) is 3.35. The van der Waals surface area contributed by atoms with Crippen LogP contribution >= 0.6 is 0 Å². The van der Waals surface area contributed by atoms with Crippen LogP contribution in [0.3, 0.4) is 0 Å². The smallest absolute Gasteiger partial charge is 0.252 e. The molecule has 2 fully saturated rings. The van der Waals surface area contributed by atoms with Gasteiger partial charge in [0.15, 0.2) is 0 Å². The van der Waals surface area contributed by atoms with Crippen molar-refractivity contribution in [2.24, 2.45) is 7.05 Å². The molecule has 27 heavy (non-hydrogen) atoms. The van der Waals surface area contributed by atoms with E-state index in [9.17, 15) is 14.4 Å². The molecule has 8 heteroatoms. The molecular weight excluding hydrogens is 348 g/mol. The lowest BCUT2D eigenvalue weighted by Gasteiger charge is -2.30. The number of rotatable bonds is 5. The Morgan fingerprint density at radius 2 is 1.85 bits per heavy atom. The Morgan fingerprint density at radius 3 is 2.56 bits per heavy atom. The molecule has 2 aliphatic heterocycles. The number of hydrogen-bond donors (Lipinski definition) is 1. The van der Waals surface area contributed by atoms with E-state index in [-0.39, 0.29) is 29.5 Å². The van der Waals surface area contributed by atoms with E-state index in [2.05, 4.69) is 10.2 Å². The van der Waals surface area contributed by atoms with Gasteiger partial charge in [0.05, 0.1) is 18.8 Å². The molecule has 1 N–H and O–H groups in total. The van der Waals surface area contributed by atoms with Crippen molar-refractivity contribution in [2.45, 2.75) is 31.3 Å². The number of nitrogens with one attached hydrogen (secondary N) is 1. The average molecular weight is 376 g/mol. The number of ether oxygens (including phenoxy) is 1. The first-order chi connectivity index (χ1) is 13.0. The SMILES string of the molecule is CN1[C@@H](CC(=O)N2CCOCC2)CC[C@H]1CNC(=O)c1ccc(=O)n(C)c1. The van der Waals surface area contributed by atoms with E-state index >= 15 is 0 Å². The van der Waals surface area contributed by atoms with E-state index in [1.54, 1.807) is 19.3 Å². The summed E-state index contributed by atoms with van der Waals surface area (Å²) < 4.78 is 6.69. The quantitative estimate of drug-likeness (QED) is 0.771. The molecule has 2 atom stereocenters. The summed E-state index contributed by atoms with van der Waals surface area (Å²) in [5, 5.41) is 2.95. The van der Waals surface area contributed by atoms with Gasteiger partial charge in [0, 0.05) is 57.4 Å². The minimum absolute atomic E-state index is 0.144. The highest BCUT2D eigenvalue weighted by Crippen LogP contribution is 2.25.